The van der Waals surface area contributed by atoms with Crippen LogP contribution in [0.2, 0.25) is 0 Å². The van der Waals surface area contributed by atoms with Crippen LogP contribution >= 0.6 is 23.1 Å². The maximum absolute atomic E-state index is 12.2. The number of thioether (sulfide) groups is 1. The summed E-state index contributed by atoms with van der Waals surface area (Å²) in [5.74, 6) is 1.15. The number of thiophene rings is 1. The summed E-state index contributed by atoms with van der Waals surface area (Å²) >= 11 is 3.06. The SMILES string of the molecule is CCn1c(SCC(=O)NC(C)c2cccs2)nnc1-c1ccccc1. The molecule has 0 aliphatic heterocycles. The topological polar surface area (TPSA) is 59.8 Å². The molecule has 0 spiro atoms. The van der Waals surface area contributed by atoms with Crippen molar-refractivity contribution in [1.82, 2.24) is 20.1 Å². The Morgan fingerprint density at radius 2 is 2.04 bits per heavy atom. The third kappa shape index (κ3) is 4.29. The van der Waals surface area contributed by atoms with Crippen molar-refractivity contribution in [1.29, 1.82) is 0 Å². The van der Waals surface area contributed by atoms with Crippen molar-refractivity contribution in [3.8, 4) is 11.4 Å². The molecule has 1 N–H and O–H groups in total. The molecule has 3 aromatic rings. The van der Waals surface area contributed by atoms with Crippen LogP contribution in [-0.4, -0.2) is 26.4 Å². The van der Waals surface area contributed by atoms with Gasteiger partial charge in [0.15, 0.2) is 11.0 Å². The molecule has 0 aliphatic carbocycles. The zero-order valence-corrected chi connectivity index (χ0v) is 15.8. The number of rotatable bonds is 7. The number of nitrogens with one attached hydrogen (secondary N) is 1. The molecule has 0 bridgehead atoms. The minimum absolute atomic E-state index is 0.00202. The van der Waals surface area contributed by atoms with Gasteiger partial charge in [0.25, 0.3) is 0 Å². The summed E-state index contributed by atoms with van der Waals surface area (Å²) in [6.07, 6.45) is 0. The summed E-state index contributed by atoms with van der Waals surface area (Å²) in [5.41, 5.74) is 1.03. The molecule has 0 radical (unpaired) electrons. The fourth-order valence-corrected chi connectivity index (χ4v) is 4.05. The fourth-order valence-electron chi connectivity index (χ4n) is 2.50. The largest absolute Gasteiger partial charge is 0.348 e. The zero-order chi connectivity index (χ0) is 17.6. The summed E-state index contributed by atoms with van der Waals surface area (Å²) in [5, 5.41) is 14.4. The maximum Gasteiger partial charge on any atom is 0.230 e. The van der Waals surface area contributed by atoms with Crippen molar-refractivity contribution in [2.24, 2.45) is 0 Å². The van der Waals surface area contributed by atoms with Crippen molar-refractivity contribution in [3.63, 3.8) is 0 Å². The summed E-state index contributed by atoms with van der Waals surface area (Å²) in [6.45, 7) is 4.81. The lowest BCUT2D eigenvalue weighted by Gasteiger charge is -2.12. The highest BCUT2D eigenvalue weighted by Gasteiger charge is 2.15. The van der Waals surface area contributed by atoms with Crippen LogP contribution in [0.15, 0.2) is 53.0 Å². The van der Waals surface area contributed by atoms with Crippen LogP contribution in [0.4, 0.5) is 0 Å². The highest BCUT2D eigenvalue weighted by atomic mass is 32.2. The van der Waals surface area contributed by atoms with Crippen LogP contribution in [0.3, 0.4) is 0 Å². The van der Waals surface area contributed by atoms with Crippen LogP contribution in [0.1, 0.15) is 24.8 Å². The average Bonchev–Trinajstić information content (AvgIpc) is 3.30. The van der Waals surface area contributed by atoms with Crippen molar-refractivity contribution >= 4 is 29.0 Å². The lowest BCUT2D eigenvalue weighted by atomic mass is 10.2. The highest BCUT2D eigenvalue weighted by molar-refractivity contribution is 7.99. The van der Waals surface area contributed by atoms with E-state index < -0.39 is 0 Å². The second kappa shape index (κ2) is 8.31. The van der Waals surface area contributed by atoms with E-state index in [4.69, 9.17) is 0 Å². The Kier molecular flexibility index (Phi) is 5.88. The molecule has 0 fully saturated rings. The van der Waals surface area contributed by atoms with Gasteiger partial charge in [-0.05, 0) is 25.3 Å². The van der Waals surface area contributed by atoms with Crippen molar-refractivity contribution in [2.75, 3.05) is 5.75 Å². The molecule has 0 aliphatic rings. The van der Waals surface area contributed by atoms with Crippen LogP contribution in [0.5, 0.6) is 0 Å². The number of amides is 1. The van der Waals surface area contributed by atoms with Gasteiger partial charge < -0.3 is 9.88 Å². The number of carbonyl (C=O) groups is 1. The number of benzene rings is 1. The normalized spacial score (nSPS) is 12.1. The van der Waals surface area contributed by atoms with Crippen molar-refractivity contribution in [3.05, 3.63) is 52.7 Å². The Bertz CT molecular complexity index is 815. The first-order chi connectivity index (χ1) is 12.2. The van der Waals surface area contributed by atoms with E-state index in [-0.39, 0.29) is 11.9 Å². The predicted molar refractivity (Wildman–Crippen MR) is 103 cm³/mol. The summed E-state index contributed by atoms with van der Waals surface area (Å²) in [6, 6.07) is 14.0. The van der Waals surface area contributed by atoms with E-state index in [1.807, 2.05) is 59.3 Å². The van der Waals surface area contributed by atoms with E-state index in [1.54, 1.807) is 11.3 Å². The van der Waals surface area contributed by atoms with Crippen molar-refractivity contribution < 1.29 is 4.79 Å². The molecule has 1 unspecified atom stereocenters. The van der Waals surface area contributed by atoms with Crippen LogP contribution in [0.25, 0.3) is 11.4 Å². The first-order valence-corrected chi connectivity index (χ1v) is 9.99. The molecule has 130 valence electrons. The Hall–Kier alpha value is -2.12. The predicted octanol–water partition coefficient (Wildman–Crippen LogP) is 4.00. The molecular weight excluding hydrogens is 352 g/mol. The van der Waals surface area contributed by atoms with Gasteiger partial charge in [-0.2, -0.15) is 0 Å². The Balaban J connectivity index is 1.63. The third-order valence-electron chi connectivity index (χ3n) is 3.74. The van der Waals surface area contributed by atoms with Crippen LogP contribution < -0.4 is 5.32 Å². The number of aromatic nitrogens is 3. The number of hydrogen-bond acceptors (Lipinski definition) is 5. The van der Waals surface area contributed by atoms with Gasteiger partial charge in [-0.3, -0.25) is 4.79 Å². The Labute approximate surface area is 155 Å². The van der Waals surface area contributed by atoms with E-state index in [1.165, 1.54) is 11.8 Å². The van der Waals surface area contributed by atoms with Gasteiger partial charge in [0.2, 0.25) is 5.91 Å². The molecular formula is C18H20N4OS2. The Morgan fingerprint density at radius 1 is 1.24 bits per heavy atom. The monoisotopic (exact) mass is 372 g/mol. The molecule has 2 heterocycles. The minimum Gasteiger partial charge on any atom is -0.348 e. The molecule has 1 atom stereocenters. The van der Waals surface area contributed by atoms with Gasteiger partial charge in [-0.25, -0.2) is 0 Å². The molecule has 5 nitrogen and oxygen atoms in total. The van der Waals surface area contributed by atoms with Gasteiger partial charge in [-0.1, -0.05) is 48.2 Å². The van der Waals surface area contributed by atoms with E-state index in [2.05, 4.69) is 22.4 Å². The molecule has 25 heavy (non-hydrogen) atoms. The average molecular weight is 373 g/mol. The first-order valence-electron chi connectivity index (χ1n) is 8.13. The van der Waals surface area contributed by atoms with E-state index >= 15 is 0 Å². The molecule has 0 saturated carbocycles. The second-order valence-corrected chi connectivity index (χ2v) is 7.43. The van der Waals surface area contributed by atoms with Crippen LogP contribution in [-0.2, 0) is 11.3 Å². The van der Waals surface area contributed by atoms with Gasteiger partial charge in [0.1, 0.15) is 0 Å². The minimum atomic E-state index is -0.00202. The highest BCUT2D eigenvalue weighted by Crippen LogP contribution is 2.24. The van der Waals surface area contributed by atoms with E-state index in [0.29, 0.717) is 5.75 Å². The van der Waals surface area contributed by atoms with Gasteiger partial charge in [0, 0.05) is 17.0 Å². The number of nitrogens with zero attached hydrogens (tertiary/aromatic N) is 3. The standard InChI is InChI=1S/C18H20N4OS2/c1-3-22-17(14-8-5-4-6-9-14)20-21-18(22)25-12-16(23)19-13(2)15-10-7-11-24-15/h4-11,13H,3,12H2,1-2H3,(H,19,23). The lowest BCUT2D eigenvalue weighted by Crippen LogP contribution is -2.27. The van der Waals surface area contributed by atoms with Gasteiger partial charge in [-0.15, -0.1) is 21.5 Å². The molecule has 3 rings (SSSR count). The molecule has 1 aromatic carbocycles. The van der Waals surface area contributed by atoms with Gasteiger partial charge >= 0.3 is 0 Å². The first kappa shape index (κ1) is 17.7. The molecule has 2 aromatic heterocycles. The second-order valence-electron chi connectivity index (χ2n) is 5.51. The number of carbonyl (C=O) groups excluding carboxylic acids is 1. The summed E-state index contributed by atoms with van der Waals surface area (Å²) in [7, 11) is 0. The zero-order valence-electron chi connectivity index (χ0n) is 14.2. The lowest BCUT2D eigenvalue weighted by molar-refractivity contribution is -0.119. The Morgan fingerprint density at radius 3 is 2.72 bits per heavy atom. The molecule has 7 heteroatoms. The molecule has 0 saturated heterocycles. The number of hydrogen-bond donors (Lipinski definition) is 1. The summed E-state index contributed by atoms with van der Waals surface area (Å²) in [4.78, 5) is 13.4. The molecule has 1 amide bonds. The third-order valence-corrected chi connectivity index (χ3v) is 5.77. The summed E-state index contributed by atoms with van der Waals surface area (Å²) < 4.78 is 2.04. The fraction of sp³-hybridized carbons (Fsp3) is 0.278. The van der Waals surface area contributed by atoms with Gasteiger partial charge in [0.05, 0.1) is 11.8 Å². The van der Waals surface area contributed by atoms with E-state index in [0.717, 1.165) is 28.0 Å². The quantitative estimate of drug-likeness (QED) is 0.637. The smallest absolute Gasteiger partial charge is 0.230 e. The maximum atomic E-state index is 12.2. The van der Waals surface area contributed by atoms with Crippen LogP contribution in [0, 0.1) is 0 Å². The van der Waals surface area contributed by atoms with Crippen molar-refractivity contribution in [2.45, 2.75) is 31.6 Å². The van der Waals surface area contributed by atoms with E-state index in [9.17, 15) is 4.79 Å².